The first-order chi connectivity index (χ1) is 11.4. The molecule has 0 heterocycles. The quantitative estimate of drug-likeness (QED) is 0.253. The van der Waals surface area contributed by atoms with E-state index in [1.807, 2.05) is 0 Å². The number of halogens is 17. The molecule has 164 valence electrons. The normalized spacial score (nSPS) is 14.9. The van der Waals surface area contributed by atoms with E-state index in [9.17, 15) is 74.6 Å². The first-order valence-corrected chi connectivity index (χ1v) is 5.37. The largest absolute Gasteiger partial charge is 2.00 e. The van der Waals surface area contributed by atoms with Crippen molar-refractivity contribution in [2.75, 3.05) is 0 Å². The number of rotatable bonds is 6. The summed E-state index contributed by atoms with van der Waals surface area (Å²) in [6, 6.07) is 0. The second-order valence-corrected chi connectivity index (χ2v) is 4.20. The summed E-state index contributed by atoms with van der Waals surface area (Å²) in [6.07, 6.45) is -12.8. The van der Waals surface area contributed by atoms with E-state index in [4.69, 9.17) is 0 Å². The van der Waals surface area contributed by atoms with Gasteiger partial charge in [0.25, 0.3) is 5.92 Å². The summed E-state index contributed by atoms with van der Waals surface area (Å²) in [7, 11) is 0. The van der Waals surface area contributed by atoms with Gasteiger partial charge in [-0.2, -0.15) is 57.1 Å². The fraction of sp³-hybridized carbons (Fsp3) is 0.700. The molecule has 0 spiro atoms. The van der Waals surface area contributed by atoms with Crippen LogP contribution >= 0.6 is 0 Å². The summed E-state index contributed by atoms with van der Waals surface area (Å²) >= 11 is 0. The fourth-order valence-electron chi connectivity index (χ4n) is 1.09. The second kappa shape index (κ2) is 8.59. The van der Waals surface area contributed by atoms with Crippen LogP contribution in [0.15, 0.2) is 6.58 Å². The third kappa shape index (κ3) is 4.25. The molecule has 0 rings (SSSR count). The molecule has 0 aromatic rings. The van der Waals surface area contributed by atoms with Gasteiger partial charge >= 0.3 is 58.8 Å². The Kier molecular flexibility index (Phi) is 9.81. The molecular formula is C10H3F17Mg. The molecule has 0 atom stereocenters. The van der Waals surface area contributed by atoms with E-state index in [0.717, 1.165) is 0 Å². The average Bonchev–Trinajstić information content (AvgIpc) is 2.46. The van der Waals surface area contributed by atoms with Crippen molar-refractivity contribution in [3.8, 4) is 0 Å². The molecule has 0 saturated heterocycles. The van der Waals surface area contributed by atoms with Gasteiger partial charge in [-0.05, 0) is 0 Å². The van der Waals surface area contributed by atoms with Gasteiger partial charge in [-0.1, -0.05) is 0 Å². The van der Waals surface area contributed by atoms with Gasteiger partial charge in [-0.3, -0.25) is 6.58 Å². The topological polar surface area (TPSA) is 0 Å². The van der Waals surface area contributed by atoms with Crippen LogP contribution in [0.1, 0.15) is 0 Å². The first kappa shape index (κ1) is 32.0. The zero-order chi connectivity index (χ0) is 23.1. The van der Waals surface area contributed by atoms with Gasteiger partial charge in [0.1, 0.15) is 0 Å². The van der Waals surface area contributed by atoms with E-state index in [-0.39, 0.29) is 23.1 Å². The van der Waals surface area contributed by atoms with Crippen molar-refractivity contribution >= 4 is 23.1 Å². The Bertz CT molecular complexity index is 505. The van der Waals surface area contributed by atoms with Crippen LogP contribution in [-0.4, -0.2) is 64.8 Å². The van der Waals surface area contributed by atoms with E-state index in [2.05, 4.69) is 13.2 Å². The minimum atomic E-state index is -8.55. The Labute approximate surface area is 159 Å². The molecule has 0 unspecified atom stereocenters. The standard InChI is InChI=1S/C8F17.C2H3.Mg/c9-1(10)2(11,12)3(13,14)4(15,16)5(17,18)6(19,20)7(21,22)8(23,24)25;1-2;/h;1H,2H2;/q2*-1;+2. The Balaban J connectivity index is -0.00000201. The summed E-state index contributed by atoms with van der Waals surface area (Å²) < 4.78 is 209. The Morgan fingerprint density at radius 3 is 0.893 bits per heavy atom. The maximum atomic E-state index is 12.7. The van der Waals surface area contributed by atoms with Crippen LogP contribution in [0, 0.1) is 13.0 Å². The summed E-state index contributed by atoms with van der Waals surface area (Å²) in [5.74, 6) is -49.4. The molecule has 18 heteroatoms. The van der Waals surface area contributed by atoms with E-state index >= 15 is 0 Å². The smallest absolute Gasteiger partial charge is 0.521 e. The maximum Gasteiger partial charge on any atom is 2.00 e. The van der Waals surface area contributed by atoms with Crippen LogP contribution in [0.2, 0.25) is 0 Å². The van der Waals surface area contributed by atoms with Crippen LogP contribution in [-0.2, 0) is 0 Å². The minimum absolute atomic E-state index is 0. The van der Waals surface area contributed by atoms with Crippen molar-refractivity contribution in [3.05, 3.63) is 19.6 Å². The van der Waals surface area contributed by atoms with Crippen molar-refractivity contribution in [2.45, 2.75) is 41.7 Å². The van der Waals surface area contributed by atoms with Crippen molar-refractivity contribution in [1.82, 2.24) is 0 Å². The van der Waals surface area contributed by atoms with E-state index in [0.29, 0.717) is 0 Å². The monoisotopic (exact) mass is 470 g/mol. The maximum absolute atomic E-state index is 12.7. The van der Waals surface area contributed by atoms with Gasteiger partial charge in [0.2, 0.25) is 0 Å². The molecule has 0 aliphatic carbocycles. The zero-order valence-electron chi connectivity index (χ0n) is 12.4. The summed E-state index contributed by atoms with van der Waals surface area (Å²) in [6.45, 7) is 7.00. The van der Waals surface area contributed by atoms with Gasteiger partial charge < -0.3 is 15.4 Å². The van der Waals surface area contributed by atoms with Gasteiger partial charge in [-0.15, -0.1) is 0 Å². The van der Waals surface area contributed by atoms with Gasteiger partial charge in [0, 0.05) is 0 Å². The molecular weight excluding hydrogens is 467 g/mol. The summed E-state index contributed by atoms with van der Waals surface area (Å²) in [4.78, 5) is 0. The second-order valence-electron chi connectivity index (χ2n) is 4.20. The molecule has 0 aromatic carbocycles. The van der Waals surface area contributed by atoms with Gasteiger partial charge in [0.05, 0.1) is 6.43 Å². The molecule has 0 aliphatic heterocycles. The third-order valence-corrected chi connectivity index (χ3v) is 2.57. The Morgan fingerprint density at radius 1 is 0.464 bits per heavy atom. The first-order valence-electron chi connectivity index (χ1n) is 5.37. The Hall–Kier alpha value is -0.684. The molecule has 0 bridgehead atoms. The summed E-state index contributed by atoms with van der Waals surface area (Å²) in [5, 5.41) is 0. The van der Waals surface area contributed by atoms with Crippen molar-refractivity contribution < 1.29 is 74.6 Å². The van der Waals surface area contributed by atoms with Crippen LogP contribution in [0.25, 0.3) is 0 Å². The van der Waals surface area contributed by atoms with Crippen LogP contribution in [0.5, 0.6) is 0 Å². The van der Waals surface area contributed by atoms with Crippen molar-refractivity contribution in [3.63, 3.8) is 0 Å². The van der Waals surface area contributed by atoms with E-state index in [1.165, 1.54) is 0 Å². The molecule has 0 nitrogen and oxygen atoms in total. The third-order valence-electron chi connectivity index (χ3n) is 2.57. The molecule has 0 N–H and O–H groups in total. The van der Waals surface area contributed by atoms with Crippen LogP contribution < -0.4 is 0 Å². The predicted octanol–water partition coefficient (Wildman–Crippen LogP) is 6.01. The van der Waals surface area contributed by atoms with Crippen molar-refractivity contribution in [2.24, 2.45) is 0 Å². The van der Waals surface area contributed by atoms with E-state index in [1.54, 1.807) is 0 Å². The average molecular weight is 470 g/mol. The molecule has 0 aliphatic rings. The fourth-order valence-corrected chi connectivity index (χ4v) is 1.09. The number of hydrogen-bond donors (Lipinski definition) is 0. The Morgan fingerprint density at radius 2 is 0.679 bits per heavy atom. The molecule has 0 saturated carbocycles. The molecule has 0 fully saturated rings. The number of hydrogen-bond acceptors (Lipinski definition) is 0. The van der Waals surface area contributed by atoms with Crippen LogP contribution in [0.4, 0.5) is 74.6 Å². The minimum Gasteiger partial charge on any atom is -0.521 e. The molecule has 28 heavy (non-hydrogen) atoms. The summed E-state index contributed by atoms with van der Waals surface area (Å²) in [5.41, 5.74) is 0. The molecule has 0 amide bonds. The number of alkyl halides is 15. The predicted molar refractivity (Wildman–Crippen MR) is 56.9 cm³/mol. The van der Waals surface area contributed by atoms with E-state index < -0.39 is 48.1 Å². The van der Waals surface area contributed by atoms with Gasteiger partial charge in [0.15, 0.2) is 0 Å². The zero-order valence-corrected chi connectivity index (χ0v) is 13.8. The van der Waals surface area contributed by atoms with Gasteiger partial charge in [-0.25, -0.2) is 8.78 Å². The SMILES string of the molecule is F[C-](F)C(F)(F)C(F)(F)C(F)(F)C(F)(F)C(F)(F)C(F)(F)C(F)(F)F.[CH-]=C.[Mg+2]. The van der Waals surface area contributed by atoms with Crippen LogP contribution in [0.3, 0.4) is 0 Å². The molecule has 0 radical (unpaired) electrons. The van der Waals surface area contributed by atoms with Crippen molar-refractivity contribution in [1.29, 1.82) is 0 Å². The molecule has 0 aromatic heterocycles.